The van der Waals surface area contributed by atoms with Crippen LogP contribution in [0.25, 0.3) is 0 Å². The monoisotopic (exact) mass is 885 g/mol. The van der Waals surface area contributed by atoms with Crippen molar-refractivity contribution in [3.8, 4) is 0 Å². The number of phosphoric ester groups is 1. The van der Waals surface area contributed by atoms with Gasteiger partial charge in [-0.2, -0.15) is 0 Å². The minimum Gasteiger partial charge on any atom is -0.462 e. The fourth-order valence-corrected chi connectivity index (χ4v) is 7.54. The second-order valence-electron chi connectivity index (χ2n) is 15.9. The Hall–Kier alpha value is -2.45. The summed E-state index contributed by atoms with van der Waals surface area (Å²) in [5.41, 5.74) is 0. The zero-order valence-corrected chi connectivity index (χ0v) is 38.1. The fourth-order valence-electron chi connectivity index (χ4n) is 6.57. The molecule has 6 unspecified atom stereocenters. The molecular formula is C47H81O13P. The van der Waals surface area contributed by atoms with Gasteiger partial charge in [0, 0.05) is 12.8 Å². The van der Waals surface area contributed by atoms with Crippen LogP contribution in [-0.2, 0) is 32.7 Å². The third-order valence-electron chi connectivity index (χ3n) is 10.3. The molecule has 0 amide bonds. The van der Waals surface area contributed by atoms with Crippen LogP contribution in [0.5, 0.6) is 0 Å². The number of phosphoric acid groups is 1. The summed E-state index contributed by atoms with van der Waals surface area (Å²) >= 11 is 0. The molecule has 0 aromatic heterocycles. The highest BCUT2D eigenvalue weighted by molar-refractivity contribution is 7.47. The Morgan fingerprint density at radius 1 is 0.508 bits per heavy atom. The number of aliphatic hydroxyl groups excluding tert-OH is 5. The third kappa shape index (κ3) is 29.5. The van der Waals surface area contributed by atoms with E-state index in [0.717, 1.165) is 64.2 Å². The molecule has 8 atom stereocenters. The molecule has 0 saturated heterocycles. The molecule has 0 heterocycles. The Morgan fingerprint density at radius 3 is 1.46 bits per heavy atom. The molecule has 352 valence electrons. The Balaban J connectivity index is 2.51. The molecule has 13 nitrogen and oxygen atoms in total. The van der Waals surface area contributed by atoms with Crippen LogP contribution in [0.4, 0.5) is 0 Å². The van der Waals surface area contributed by atoms with Crippen LogP contribution in [-0.4, -0.2) is 98.3 Å². The SMILES string of the molecule is CCC/C=C/C/C=C/C/C=C/C/C=C/CCCCCC(=O)O[C@H](COC(=O)CCCC/C=C/CCCCCCCCCCC)COP(=O)(O)OC1C(O)C(O)C(O)[C@H](O)C1O. The largest absolute Gasteiger partial charge is 0.472 e. The molecule has 0 aromatic rings. The summed E-state index contributed by atoms with van der Waals surface area (Å²) in [4.78, 5) is 35.7. The van der Waals surface area contributed by atoms with Crippen molar-refractivity contribution in [3.63, 3.8) is 0 Å². The highest BCUT2D eigenvalue weighted by Gasteiger charge is 2.51. The molecule has 0 radical (unpaired) electrons. The van der Waals surface area contributed by atoms with Crippen LogP contribution in [0.3, 0.4) is 0 Å². The topological polar surface area (TPSA) is 210 Å². The first-order valence-corrected chi connectivity index (χ1v) is 24.6. The normalized spacial score (nSPS) is 22.6. The number of hydrogen-bond donors (Lipinski definition) is 6. The molecule has 1 aliphatic rings. The smallest absolute Gasteiger partial charge is 0.462 e. The van der Waals surface area contributed by atoms with Crippen molar-refractivity contribution in [1.82, 2.24) is 0 Å². The summed E-state index contributed by atoms with van der Waals surface area (Å²) in [5, 5.41) is 50.1. The zero-order valence-electron chi connectivity index (χ0n) is 37.2. The Morgan fingerprint density at radius 2 is 0.918 bits per heavy atom. The van der Waals surface area contributed by atoms with E-state index in [0.29, 0.717) is 12.8 Å². The van der Waals surface area contributed by atoms with Crippen molar-refractivity contribution >= 4 is 19.8 Å². The predicted molar refractivity (Wildman–Crippen MR) is 239 cm³/mol. The van der Waals surface area contributed by atoms with E-state index >= 15 is 0 Å². The second kappa shape index (κ2) is 37.0. The van der Waals surface area contributed by atoms with Gasteiger partial charge < -0.3 is 39.9 Å². The van der Waals surface area contributed by atoms with Gasteiger partial charge in [0.2, 0.25) is 0 Å². The number of hydrogen-bond acceptors (Lipinski definition) is 12. The van der Waals surface area contributed by atoms with E-state index in [1.54, 1.807) is 0 Å². The number of unbranched alkanes of at least 4 members (excludes halogenated alkanes) is 15. The molecule has 61 heavy (non-hydrogen) atoms. The maximum atomic E-state index is 12.8. The summed E-state index contributed by atoms with van der Waals surface area (Å²) in [7, 11) is -5.13. The first kappa shape index (κ1) is 56.6. The van der Waals surface area contributed by atoms with Gasteiger partial charge in [-0.05, 0) is 77.0 Å². The van der Waals surface area contributed by atoms with Gasteiger partial charge >= 0.3 is 19.8 Å². The Bertz CT molecular complexity index is 1300. The molecule has 6 N–H and O–H groups in total. The highest BCUT2D eigenvalue weighted by Crippen LogP contribution is 2.47. The maximum absolute atomic E-state index is 12.8. The van der Waals surface area contributed by atoms with Gasteiger partial charge in [-0.15, -0.1) is 0 Å². The highest BCUT2D eigenvalue weighted by atomic mass is 31.2. The average Bonchev–Trinajstić information content (AvgIpc) is 3.24. The summed E-state index contributed by atoms with van der Waals surface area (Å²) in [6, 6.07) is 0. The standard InChI is InChI=1S/C47H81O13P/c1-3-5-7-9-11-13-15-17-19-20-22-24-26-28-30-32-34-36-41(49)59-39(38-58-61(55,56)60-47-45(53)43(51)42(50)44(52)46(47)54)37-57-40(48)35-33-31-29-27-25-23-21-18-16-14-12-10-8-6-4-2/h7,9,13,15,19-20,24-27,39,42-47,50-54H,3-6,8,10-12,14,16-18,21-23,28-38H2,1-2H3,(H,55,56)/b9-7+,15-13+,20-19+,26-24+,27-25+/t39-,42?,43+,44?,45?,46?,47?/m1/s1. The molecule has 0 aliphatic heterocycles. The maximum Gasteiger partial charge on any atom is 0.472 e. The van der Waals surface area contributed by atoms with Crippen LogP contribution in [0.15, 0.2) is 60.8 Å². The van der Waals surface area contributed by atoms with Crippen molar-refractivity contribution in [2.75, 3.05) is 13.2 Å². The van der Waals surface area contributed by atoms with Gasteiger partial charge in [0.25, 0.3) is 0 Å². The molecule has 0 bridgehead atoms. The number of carbonyl (C=O) groups excluding carboxylic acids is 2. The third-order valence-corrected chi connectivity index (χ3v) is 11.3. The Kier molecular flexibility index (Phi) is 34.3. The molecule has 14 heteroatoms. The molecule has 1 fully saturated rings. The van der Waals surface area contributed by atoms with E-state index < -0.39 is 75.7 Å². The van der Waals surface area contributed by atoms with E-state index in [9.17, 15) is 44.6 Å². The Labute approximate surface area is 366 Å². The van der Waals surface area contributed by atoms with E-state index in [4.69, 9.17) is 18.5 Å². The number of allylic oxidation sites excluding steroid dienone is 10. The number of carbonyl (C=O) groups is 2. The quantitative estimate of drug-likeness (QED) is 0.0149. The molecular weight excluding hydrogens is 803 g/mol. The molecule has 1 aliphatic carbocycles. The van der Waals surface area contributed by atoms with Crippen LogP contribution in [0, 0.1) is 0 Å². The van der Waals surface area contributed by atoms with Crippen molar-refractivity contribution < 1.29 is 63.1 Å². The van der Waals surface area contributed by atoms with Crippen molar-refractivity contribution in [1.29, 1.82) is 0 Å². The van der Waals surface area contributed by atoms with Gasteiger partial charge in [0.15, 0.2) is 6.10 Å². The summed E-state index contributed by atoms with van der Waals surface area (Å²) in [6.07, 6.45) is 31.3. The van der Waals surface area contributed by atoms with Gasteiger partial charge in [-0.1, -0.05) is 139 Å². The summed E-state index contributed by atoms with van der Waals surface area (Å²) in [6.45, 7) is 3.18. The zero-order chi connectivity index (χ0) is 45.0. The van der Waals surface area contributed by atoms with Gasteiger partial charge in [-0.25, -0.2) is 4.57 Å². The summed E-state index contributed by atoms with van der Waals surface area (Å²) < 4.78 is 33.5. The van der Waals surface area contributed by atoms with Gasteiger partial charge in [0.05, 0.1) is 6.61 Å². The number of rotatable bonds is 37. The molecule has 1 saturated carbocycles. The first-order valence-electron chi connectivity index (χ1n) is 23.1. The predicted octanol–water partition coefficient (Wildman–Crippen LogP) is 8.94. The fraction of sp³-hybridized carbons (Fsp3) is 0.745. The van der Waals surface area contributed by atoms with Crippen LogP contribution in [0.2, 0.25) is 0 Å². The summed E-state index contributed by atoms with van der Waals surface area (Å²) in [5.74, 6) is -1.16. The second-order valence-corrected chi connectivity index (χ2v) is 17.3. The lowest BCUT2D eigenvalue weighted by atomic mass is 9.85. The lowest BCUT2D eigenvalue weighted by Gasteiger charge is -2.41. The lowest BCUT2D eigenvalue weighted by molar-refractivity contribution is -0.220. The van der Waals surface area contributed by atoms with E-state index in [1.807, 2.05) is 0 Å². The van der Waals surface area contributed by atoms with Crippen LogP contribution < -0.4 is 0 Å². The van der Waals surface area contributed by atoms with Crippen LogP contribution >= 0.6 is 7.82 Å². The number of aliphatic hydroxyl groups is 5. The lowest BCUT2D eigenvalue weighted by Crippen LogP contribution is -2.64. The minimum atomic E-state index is -5.13. The molecule has 0 spiro atoms. The van der Waals surface area contributed by atoms with Crippen molar-refractivity contribution in [2.24, 2.45) is 0 Å². The number of esters is 2. The van der Waals surface area contributed by atoms with Gasteiger partial charge in [-0.3, -0.25) is 18.6 Å². The van der Waals surface area contributed by atoms with Crippen molar-refractivity contribution in [3.05, 3.63) is 60.8 Å². The average molecular weight is 885 g/mol. The van der Waals surface area contributed by atoms with Crippen LogP contribution in [0.1, 0.15) is 168 Å². The van der Waals surface area contributed by atoms with E-state index in [-0.39, 0.29) is 12.8 Å². The van der Waals surface area contributed by atoms with E-state index in [1.165, 1.54) is 64.2 Å². The molecule has 1 rings (SSSR count). The van der Waals surface area contributed by atoms with Gasteiger partial charge in [0.1, 0.15) is 43.2 Å². The number of ether oxygens (including phenoxy) is 2. The van der Waals surface area contributed by atoms with E-state index in [2.05, 4.69) is 74.6 Å². The minimum absolute atomic E-state index is 0.0529. The van der Waals surface area contributed by atoms with Crippen molar-refractivity contribution in [2.45, 2.75) is 211 Å². The first-order chi connectivity index (χ1) is 29.4. The molecule has 0 aromatic carbocycles.